The Morgan fingerprint density at radius 1 is 1.33 bits per heavy atom. The smallest absolute Gasteiger partial charge is 0.422 e. The summed E-state index contributed by atoms with van der Waals surface area (Å²) in [4.78, 5) is 9.56. The molecule has 0 fully saturated rings. The summed E-state index contributed by atoms with van der Waals surface area (Å²) in [5.41, 5.74) is 0.714. The number of hydrogen-bond donors (Lipinski definition) is 2. The molecule has 2 heterocycles. The molecular formula is C18H23F3N4OS. The highest BCUT2D eigenvalue weighted by Gasteiger charge is 2.28. The predicted molar refractivity (Wildman–Crippen MR) is 101 cm³/mol. The quantitative estimate of drug-likeness (QED) is 0.521. The second-order valence-corrected chi connectivity index (χ2v) is 6.88. The lowest BCUT2D eigenvalue weighted by atomic mass is 10.1. The molecule has 0 amide bonds. The molecular weight excluding hydrogens is 377 g/mol. The number of halogens is 3. The van der Waals surface area contributed by atoms with Crippen molar-refractivity contribution in [1.82, 2.24) is 15.6 Å². The first-order valence-corrected chi connectivity index (χ1v) is 9.45. The van der Waals surface area contributed by atoms with Crippen molar-refractivity contribution in [3.05, 3.63) is 46.3 Å². The summed E-state index contributed by atoms with van der Waals surface area (Å²) in [5, 5.41) is 8.50. The van der Waals surface area contributed by atoms with Gasteiger partial charge in [-0.2, -0.15) is 13.2 Å². The highest BCUT2D eigenvalue weighted by Crippen LogP contribution is 2.20. The van der Waals surface area contributed by atoms with Crippen LogP contribution in [0.25, 0.3) is 0 Å². The predicted octanol–water partition coefficient (Wildman–Crippen LogP) is 3.94. The lowest BCUT2D eigenvalue weighted by molar-refractivity contribution is -0.154. The molecule has 0 aliphatic heterocycles. The van der Waals surface area contributed by atoms with E-state index in [2.05, 4.69) is 38.3 Å². The minimum atomic E-state index is -4.39. The lowest BCUT2D eigenvalue weighted by Gasteiger charge is -2.15. The molecule has 0 bridgehead atoms. The number of guanidine groups is 1. The molecule has 2 aromatic rings. The number of hydrogen-bond acceptors (Lipinski definition) is 4. The van der Waals surface area contributed by atoms with E-state index in [1.807, 2.05) is 18.4 Å². The van der Waals surface area contributed by atoms with Gasteiger partial charge in [0, 0.05) is 36.1 Å². The maximum atomic E-state index is 12.2. The number of aliphatic imine (C=N–C) groups is 1. The zero-order valence-corrected chi connectivity index (χ0v) is 16.0. The second-order valence-electron chi connectivity index (χ2n) is 5.90. The Balaban J connectivity index is 1.93. The minimum Gasteiger partial charge on any atom is -0.468 e. The number of alkyl halides is 3. The summed E-state index contributed by atoms with van der Waals surface area (Å²) in [6.45, 7) is 4.47. The Morgan fingerprint density at radius 3 is 2.81 bits per heavy atom. The largest absolute Gasteiger partial charge is 0.468 e. The van der Waals surface area contributed by atoms with Crippen LogP contribution in [0, 0.1) is 0 Å². The van der Waals surface area contributed by atoms with Gasteiger partial charge in [0.25, 0.3) is 0 Å². The van der Waals surface area contributed by atoms with E-state index in [9.17, 15) is 13.2 Å². The van der Waals surface area contributed by atoms with Gasteiger partial charge in [-0.25, -0.2) is 9.98 Å². The zero-order valence-electron chi connectivity index (χ0n) is 15.2. The number of pyridine rings is 1. The fourth-order valence-electron chi connectivity index (χ4n) is 2.22. The molecule has 27 heavy (non-hydrogen) atoms. The van der Waals surface area contributed by atoms with Crippen molar-refractivity contribution < 1.29 is 17.9 Å². The van der Waals surface area contributed by atoms with Crippen molar-refractivity contribution in [3.63, 3.8) is 0 Å². The number of aromatic nitrogens is 1. The number of nitrogens with one attached hydrogen (secondary N) is 2. The van der Waals surface area contributed by atoms with E-state index in [1.54, 1.807) is 17.4 Å². The average Bonchev–Trinajstić information content (AvgIpc) is 3.17. The van der Waals surface area contributed by atoms with Crippen LogP contribution in [0.2, 0.25) is 0 Å². The third-order valence-corrected chi connectivity index (χ3v) is 4.66. The highest BCUT2D eigenvalue weighted by atomic mass is 32.1. The fourth-order valence-corrected chi connectivity index (χ4v) is 3.00. The summed E-state index contributed by atoms with van der Waals surface area (Å²) < 4.78 is 41.4. The monoisotopic (exact) mass is 400 g/mol. The maximum Gasteiger partial charge on any atom is 0.422 e. The van der Waals surface area contributed by atoms with Crippen LogP contribution in [0.15, 0.2) is 40.8 Å². The van der Waals surface area contributed by atoms with E-state index in [4.69, 9.17) is 0 Å². The number of rotatable bonds is 8. The van der Waals surface area contributed by atoms with Gasteiger partial charge in [-0.1, -0.05) is 13.0 Å². The normalized spacial score (nSPS) is 13.3. The molecule has 148 valence electrons. The highest BCUT2D eigenvalue weighted by molar-refractivity contribution is 7.10. The molecule has 5 nitrogen and oxygen atoms in total. The molecule has 0 aliphatic rings. The molecule has 2 N–H and O–H groups in total. The molecule has 9 heteroatoms. The van der Waals surface area contributed by atoms with Crippen LogP contribution in [0.3, 0.4) is 0 Å². The Bertz CT molecular complexity index is 720. The van der Waals surface area contributed by atoms with Gasteiger partial charge in [0.1, 0.15) is 0 Å². The standard InChI is InChI=1S/C18H23F3N4OS/c1-3-22-17(24-10-13(2)15-5-4-8-27-15)25-11-14-6-7-23-16(9-14)26-12-18(19,20)21/h4-9,13H,3,10-12H2,1-2H3,(H2,22,24,25). The van der Waals surface area contributed by atoms with Crippen molar-refractivity contribution >= 4 is 17.3 Å². The molecule has 0 aromatic carbocycles. The average molecular weight is 400 g/mol. The molecule has 0 aliphatic carbocycles. The van der Waals surface area contributed by atoms with E-state index < -0.39 is 12.8 Å². The maximum absolute atomic E-state index is 12.2. The van der Waals surface area contributed by atoms with Gasteiger partial charge in [0.15, 0.2) is 12.6 Å². The molecule has 0 saturated heterocycles. The third-order valence-electron chi connectivity index (χ3n) is 3.55. The van der Waals surface area contributed by atoms with Crippen molar-refractivity contribution in [2.24, 2.45) is 4.99 Å². The molecule has 0 spiro atoms. The van der Waals surface area contributed by atoms with Gasteiger partial charge in [0.2, 0.25) is 5.88 Å². The van der Waals surface area contributed by atoms with Crippen molar-refractivity contribution in [2.45, 2.75) is 32.5 Å². The Morgan fingerprint density at radius 2 is 2.15 bits per heavy atom. The van der Waals surface area contributed by atoms with Crippen LogP contribution in [0.4, 0.5) is 13.2 Å². The van der Waals surface area contributed by atoms with Gasteiger partial charge >= 0.3 is 6.18 Å². The lowest BCUT2D eigenvalue weighted by Crippen LogP contribution is -2.39. The van der Waals surface area contributed by atoms with Crippen LogP contribution < -0.4 is 15.4 Å². The van der Waals surface area contributed by atoms with Gasteiger partial charge in [-0.15, -0.1) is 11.3 Å². The first-order chi connectivity index (χ1) is 12.9. The van der Waals surface area contributed by atoms with Gasteiger partial charge in [-0.3, -0.25) is 0 Å². The molecule has 2 rings (SSSR count). The van der Waals surface area contributed by atoms with Gasteiger partial charge in [-0.05, 0) is 30.0 Å². The topological polar surface area (TPSA) is 58.5 Å². The third kappa shape index (κ3) is 7.86. The van der Waals surface area contributed by atoms with E-state index in [-0.39, 0.29) is 5.88 Å². The molecule has 0 saturated carbocycles. The number of ether oxygens (including phenoxy) is 1. The summed E-state index contributed by atoms with van der Waals surface area (Å²) in [6.07, 6.45) is -2.98. The first kappa shape index (κ1) is 21.0. The van der Waals surface area contributed by atoms with Crippen molar-refractivity contribution in [1.29, 1.82) is 0 Å². The van der Waals surface area contributed by atoms with E-state index >= 15 is 0 Å². The van der Waals surface area contributed by atoms with Crippen LogP contribution in [0.1, 0.15) is 30.2 Å². The molecule has 0 radical (unpaired) electrons. The van der Waals surface area contributed by atoms with Crippen LogP contribution in [0.5, 0.6) is 5.88 Å². The Hall–Kier alpha value is -2.29. The van der Waals surface area contributed by atoms with Crippen LogP contribution in [-0.2, 0) is 6.54 Å². The molecule has 1 unspecified atom stereocenters. The fraction of sp³-hybridized carbons (Fsp3) is 0.444. The van der Waals surface area contributed by atoms with Crippen LogP contribution >= 0.6 is 11.3 Å². The van der Waals surface area contributed by atoms with Crippen LogP contribution in [-0.4, -0.2) is 36.8 Å². The summed E-state index contributed by atoms with van der Waals surface area (Å²) in [6, 6.07) is 7.28. The molecule has 1 atom stereocenters. The summed E-state index contributed by atoms with van der Waals surface area (Å²) in [5.74, 6) is 0.928. The first-order valence-electron chi connectivity index (χ1n) is 8.57. The van der Waals surface area contributed by atoms with Gasteiger partial charge in [0.05, 0.1) is 6.54 Å². The SMILES string of the molecule is CCNC(=NCc1ccnc(OCC(F)(F)F)c1)NCC(C)c1cccs1. The summed E-state index contributed by atoms with van der Waals surface area (Å²) in [7, 11) is 0. The van der Waals surface area contributed by atoms with E-state index in [0.717, 1.165) is 6.54 Å². The van der Waals surface area contributed by atoms with E-state index in [0.29, 0.717) is 30.5 Å². The Kier molecular flexibility index (Phi) is 7.90. The minimum absolute atomic E-state index is 0.0655. The molecule has 2 aromatic heterocycles. The van der Waals surface area contributed by atoms with Crippen molar-refractivity contribution in [3.8, 4) is 5.88 Å². The summed E-state index contributed by atoms with van der Waals surface area (Å²) >= 11 is 1.71. The van der Waals surface area contributed by atoms with Gasteiger partial charge < -0.3 is 15.4 Å². The van der Waals surface area contributed by atoms with E-state index in [1.165, 1.54) is 17.1 Å². The van der Waals surface area contributed by atoms with Crippen molar-refractivity contribution in [2.75, 3.05) is 19.7 Å². The zero-order chi connectivity index (χ0) is 19.7. The number of nitrogens with zero attached hydrogens (tertiary/aromatic N) is 2. The number of thiophene rings is 1. The Labute approximate surface area is 160 Å². The second kappa shape index (κ2) is 10.1.